The van der Waals surface area contributed by atoms with Crippen LogP contribution in [-0.2, 0) is 4.79 Å². The van der Waals surface area contributed by atoms with Crippen molar-refractivity contribution in [2.24, 2.45) is 0 Å². The first-order valence-corrected chi connectivity index (χ1v) is 10.8. The number of fused-ring (bicyclic) bond motifs is 1. The van der Waals surface area contributed by atoms with E-state index in [9.17, 15) is 14.4 Å². The molecule has 162 valence electrons. The van der Waals surface area contributed by atoms with E-state index in [-0.39, 0.29) is 17.1 Å². The van der Waals surface area contributed by atoms with Crippen molar-refractivity contribution in [3.8, 4) is 5.69 Å². The van der Waals surface area contributed by atoms with Gasteiger partial charge in [0.1, 0.15) is 0 Å². The monoisotopic (exact) mass is 448 g/mol. The number of carbonyl (C=O) groups excluding carboxylic acids is 2. The molecule has 2 aromatic heterocycles. The molecule has 0 radical (unpaired) electrons. The van der Waals surface area contributed by atoms with Crippen molar-refractivity contribution in [1.82, 2.24) is 20.4 Å². The molecule has 4 rings (SSSR count). The lowest BCUT2D eigenvalue weighted by Gasteiger charge is -2.15. The van der Waals surface area contributed by atoms with Crippen LogP contribution in [0.5, 0.6) is 0 Å². The molecule has 0 fully saturated rings. The fraction of sp³-hybridized carbons (Fsp3) is 0.130. The molecule has 0 aliphatic carbocycles. The van der Waals surface area contributed by atoms with Crippen LogP contribution >= 0.6 is 11.8 Å². The Labute approximate surface area is 187 Å². The van der Waals surface area contributed by atoms with Crippen molar-refractivity contribution in [3.05, 3.63) is 88.1 Å². The van der Waals surface area contributed by atoms with Crippen molar-refractivity contribution in [3.63, 3.8) is 0 Å². The van der Waals surface area contributed by atoms with Crippen molar-refractivity contribution >= 4 is 34.5 Å². The Kier molecular flexibility index (Phi) is 6.09. The Morgan fingerprint density at radius 2 is 1.88 bits per heavy atom. The average Bonchev–Trinajstić information content (AvgIpc) is 3.32. The maximum atomic E-state index is 13.3. The van der Waals surface area contributed by atoms with Gasteiger partial charge in [-0.2, -0.15) is 0 Å². The van der Waals surface area contributed by atoms with E-state index >= 15 is 0 Å². The number of hydrogen-bond donors (Lipinski definition) is 2. The smallest absolute Gasteiger partial charge is 0.305 e. The molecule has 4 aromatic rings. The number of para-hydroxylation sites is 1. The predicted octanol–water partition coefficient (Wildman–Crippen LogP) is 3.15. The highest BCUT2D eigenvalue weighted by molar-refractivity contribution is 7.99. The minimum atomic E-state index is -0.565. The summed E-state index contributed by atoms with van der Waals surface area (Å²) < 4.78 is 6.50. The quantitative estimate of drug-likeness (QED) is 0.276. The van der Waals surface area contributed by atoms with E-state index < -0.39 is 11.8 Å². The Bertz CT molecular complexity index is 1360. The van der Waals surface area contributed by atoms with Crippen LogP contribution in [0.25, 0.3) is 16.6 Å². The summed E-state index contributed by atoms with van der Waals surface area (Å²) in [5.74, 6) is -1.000. The lowest BCUT2D eigenvalue weighted by atomic mass is 10.1. The summed E-state index contributed by atoms with van der Waals surface area (Å²) in [6.45, 7) is 3.91. The maximum absolute atomic E-state index is 13.3. The third kappa shape index (κ3) is 4.42. The molecule has 0 spiro atoms. The van der Waals surface area contributed by atoms with Crippen molar-refractivity contribution in [1.29, 1.82) is 0 Å². The van der Waals surface area contributed by atoms with E-state index in [1.165, 1.54) is 16.9 Å². The van der Waals surface area contributed by atoms with E-state index in [0.717, 1.165) is 22.9 Å². The van der Waals surface area contributed by atoms with Gasteiger partial charge in [-0.15, -0.1) is 0 Å². The summed E-state index contributed by atoms with van der Waals surface area (Å²) in [6, 6.07) is 15.9. The molecular weight excluding hydrogens is 428 g/mol. The summed E-state index contributed by atoms with van der Waals surface area (Å²) in [5, 5.41) is 0.875. The second-order valence-corrected chi connectivity index (χ2v) is 8.05. The highest BCUT2D eigenvalue weighted by Gasteiger charge is 2.17. The number of hydrazine groups is 1. The number of aromatic nitrogens is 2. The summed E-state index contributed by atoms with van der Waals surface area (Å²) in [7, 11) is 0. The van der Waals surface area contributed by atoms with Crippen LogP contribution in [-0.4, -0.2) is 27.1 Å². The molecule has 0 unspecified atom stereocenters. The molecule has 32 heavy (non-hydrogen) atoms. The number of nitrogens with zero attached hydrogens (tertiary/aromatic N) is 2. The molecule has 0 aliphatic rings. The van der Waals surface area contributed by atoms with Gasteiger partial charge in [0.05, 0.1) is 28.6 Å². The lowest BCUT2D eigenvalue weighted by Crippen LogP contribution is -2.42. The van der Waals surface area contributed by atoms with Gasteiger partial charge in [-0.3, -0.25) is 29.8 Å². The van der Waals surface area contributed by atoms with Gasteiger partial charge in [-0.25, -0.2) is 4.98 Å². The zero-order valence-electron chi connectivity index (χ0n) is 17.4. The van der Waals surface area contributed by atoms with Crippen LogP contribution in [0, 0.1) is 13.8 Å². The van der Waals surface area contributed by atoms with Crippen molar-refractivity contribution < 1.29 is 14.0 Å². The van der Waals surface area contributed by atoms with Crippen LogP contribution in [0.15, 0.2) is 75.2 Å². The fourth-order valence-corrected chi connectivity index (χ4v) is 4.05. The van der Waals surface area contributed by atoms with Crippen molar-refractivity contribution in [2.45, 2.75) is 19.0 Å². The molecule has 0 bridgehead atoms. The number of amides is 2. The topological polar surface area (TPSA) is 106 Å². The highest BCUT2D eigenvalue weighted by Crippen LogP contribution is 2.23. The number of thioether (sulfide) groups is 1. The minimum absolute atomic E-state index is 0.0614. The van der Waals surface area contributed by atoms with Crippen LogP contribution in [0.1, 0.15) is 21.7 Å². The zero-order chi connectivity index (χ0) is 22.7. The van der Waals surface area contributed by atoms with Gasteiger partial charge in [0.25, 0.3) is 5.56 Å². The molecule has 2 aromatic carbocycles. The van der Waals surface area contributed by atoms with Gasteiger partial charge < -0.3 is 4.42 Å². The third-order valence-electron chi connectivity index (χ3n) is 4.73. The van der Waals surface area contributed by atoms with Crippen LogP contribution in [0.2, 0.25) is 0 Å². The second-order valence-electron chi connectivity index (χ2n) is 7.11. The summed E-state index contributed by atoms with van der Waals surface area (Å²) in [4.78, 5) is 42.1. The van der Waals surface area contributed by atoms with Gasteiger partial charge in [0, 0.05) is 0 Å². The number of rotatable bonds is 5. The number of aryl methyl sites for hydroxylation is 2. The van der Waals surface area contributed by atoms with E-state index in [4.69, 9.17) is 4.42 Å². The van der Waals surface area contributed by atoms with E-state index in [2.05, 4.69) is 15.8 Å². The fourth-order valence-electron chi connectivity index (χ4n) is 3.24. The predicted molar refractivity (Wildman–Crippen MR) is 122 cm³/mol. The van der Waals surface area contributed by atoms with E-state index in [1.54, 1.807) is 24.3 Å². The zero-order valence-corrected chi connectivity index (χ0v) is 18.2. The number of hydrogen-bond acceptors (Lipinski definition) is 6. The Morgan fingerprint density at radius 3 is 2.62 bits per heavy atom. The lowest BCUT2D eigenvalue weighted by molar-refractivity contribution is -0.119. The number of carbonyl (C=O) groups is 2. The SMILES string of the molecule is Cc1ccc(-n2c(SCC(=O)NNC(=O)c3ccco3)nc3ccccc3c2=O)c(C)c1. The largest absolute Gasteiger partial charge is 0.459 e. The Morgan fingerprint density at radius 1 is 1.06 bits per heavy atom. The third-order valence-corrected chi connectivity index (χ3v) is 5.67. The van der Waals surface area contributed by atoms with Crippen LogP contribution < -0.4 is 16.4 Å². The molecule has 9 heteroatoms. The first-order chi connectivity index (χ1) is 15.4. The van der Waals surface area contributed by atoms with Crippen LogP contribution in [0.4, 0.5) is 0 Å². The molecule has 0 aliphatic heterocycles. The summed E-state index contributed by atoms with van der Waals surface area (Å²) in [5.41, 5.74) is 7.66. The number of nitrogens with one attached hydrogen (secondary N) is 2. The number of furan rings is 1. The molecule has 0 saturated heterocycles. The highest BCUT2D eigenvalue weighted by atomic mass is 32.2. The molecule has 2 amide bonds. The van der Waals surface area contributed by atoms with Gasteiger partial charge in [-0.1, -0.05) is 41.6 Å². The summed E-state index contributed by atoms with van der Waals surface area (Å²) >= 11 is 1.11. The molecule has 8 nitrogen and oxygen atoms in total. The van der Waals surface area contributed by atoms with Gasteiger partial charge >= 0.3 is 5.91 Å². The van der Waals surface area contributed by atoms with Gasteiger partial charge in [-0.05, 0) is 49.7 Å². The van der Waals surface area contributed by atoms with E-state index in [0.29, 0.717) is 21.7 Å². The first-order valence-electron chi connectivity index (χ1n) is 9.79. The van der Waals surface area contributed by atoms with E-state index in [1.807, 2.05) is 38.1 Å². The maximum Gasteiger partial charge on any atom is 0.305 e. The Hall–Kier alpha value is -3.85. The second kappa shape index (κ2) is 9.11. The molecule has 0 saturated carbocycles. The average molecular weight is 449 g/mol. The molecular formula is C23H20N4O4S. The molecule has 2 heterocycles. The Balaban J connectivity index is 1.60. The normalized spacial score (nSPS) is 10.8. The standard InChI is InChI=1S/C23H20N4O4S/c1-14-9-10-18(15(2)12-14)27-22(30)16-6-3-4-7-17(16)24-23(27)32-13-20(28)25-26-21(29)19-8-5-11-31-19/h3-12H,13H2,1-2H3,(H,25,28)(H,26,29). The summed E-state index contributed by atoms with van der Waals surface area (Å²) in [6.07, 6.45) is 1.37. The van der Waals surface area contributed by atoms with Crippen LogP contribution in [0.3, 0.4) is 0 Å². The molecule has 2 N–H and O–H groups in total. The first kappa shape index (κ1) is 21.4. The molecule has 0 atom stereocenters. The van der Waals surface area contributed by atoms with Crippen molar-refractivity contribution in [2.75, 3.05) is 5.75 Å². The number of benzene rings is 2. The van der Waals surface area contributed by atoms with Gasteiger partial charge in [0.15, 0.2) is 10.9 Å². The minimum Gasteiger partial charge on any atom is -0.459 e. The van der Waals surface area contributed by atoms with Gasteiger partial charge in [0.2, 0.25) is 5.91 Å².